The molecule has 1 heterocycles. The van der Waals surface area contributed by atoms with Crippen molar-refractivity contribution < 1.29 is 13.5 Å². The average molecular weight is 358 g/mol. The molecule has 2 rings (SSSR count). The molecule has 1 aromatic carbocycles. The fraction of sp³-hybridized carbons (Fsp3) is 0.286. The van der Waals surface area contributed by atoms with Gasteiger partial charge in [0, 0.05) is 11.0 Å². The summed E-state index contributed by atoms with van der Waals surface area (Å²) in [5, 5.41) is 3.09. The third-order valence-corrected chi connectivity index (χ3v) is 3.05. The Morgan fingerprint density at radius 1 is 1.24 bits per heavy atom. The van der Waals surface area contributed by atoms with Crippen LogP contribution in [-0.2, 0) is 6.61 Å². The first kappa shape index (κ1) is 15.6. The van der Waals surface area contributed by atoms with Crippen LogP contribution in [0.3, 0.4) is 0 Å². The number of hydrogen-bond donors (Lipinski definition) is 1. The van der Waals surface area contributed by atoms with Crippen molar-refractivity contribution in [3.05, 3.63) is 46.3 Å². The summed E-state index contributed by atoms with van der Waals surface area (Å²) in [6.45, 7) is 2.87. The van der Waals surface area contributed by atoms with E-state index in [1.165, 1.54) is 12.3 Å². The van der Waals surface area contributed by atoms with Gasteiger partial charge in [-0.05, 0) is 18.6 Å². The standard InChI is InChI=1S/C14H14BrF2N3O/c1-2-3-18-13-7-19-10(6-20-13)8-21-12-5-9(15)4-11(16)14(12)17/h4-7H,2-3,8H2,1H3,(H,18,20). The van der Waals surface area contributed by atoms with E-state index in [0.717, 1.165) is 19.0 Å². The lowest BCUT2D eigenvalue weighted by Gasteiger charge is -2.08. The quantitative estimate of drug-likeness (QED) is 0.796. The summed E-state index contributed by atoms with van der Waals surface area (Å²) >= 11 is 3.08. The first-order chi connectivity index (χ1) is 10.1. The summed E-state index contributed by atoms with van der Waals surface area (Å²) in [6.07, 6.45) is 4.09. The van der Waals surface area contributed by atoms with Gasteiger partial charge in [0.15, 0.2) is 11.6 Å². The molecule has 0 fully saturated rings. The lowest BCUT2D eigenvalue weighted by atomic mass is 10.3. The van der Waals surface area contributed by atoms with Gasteiger partial charge in [-0.1, -0.05) is 22.9 Å². The Labute approximate surface area is 129 Å². The van der Waals surface area contributed by atoms with Crippen LogP contribution >= 0.6 is 15.9 Å². The summed E-state index contributed by atoms with van der Waals surface area (Å²) in [5.74, 6) is -1.49. The van der Waals surface area contributed by atoms with Crippen LogP contribution in [-0.4, -0.2) is 16.5 Å². The van der Waals surface area contributed by atoms with Crippen LogP contribution < -0.4 is 10.1 Å². The van der Waals surface area contributed by atoms with Crippen LogP contribution in [0.25, 0.3) is 0 Å². The number of anilines is 1. The Morgan fingerprint density at radius 2 is 2.05 bits per heavy atom. The second-order valence-electron chi connectivity index (χ2n) is 4.31. The first-order valence-electron chi connectivity index (χ1n) is 6.42. The average Bonchev–Trinajstić information content (AvgIpc) is 2.48. The maximum absolute atomic E-state index is 13.5. The van der Waals surface area contributed by atoms with Crippen LogP contribution in [0.2, 0.25) is 0 Å². The van der Waals surface area contributed by atoms with Crippen LogP contribution in [0.1, 0.15) is 19.0 Å². The Kier molecular flexibility index (Phi) is 5.44. The number of halogens is 3. The van der Waals surface area contributed by atoms with Gasteiger partial charge in [-0.25, -0.2) is 9.37 Å². The molecule has 0 spiro atoms. The molecule has 2 aromatic rings. The van der Waals surface area contributed by atoms with Gasteiger partial charge in [-0.3, -0.25) is 4.98 Å². The zero-order valence-electron chi connectivity index (χ0n) is 11.4. The van der Waals surface area contributed by atoms with Crippen molar-refractivity contribution >= 4 is 21.7 Å². The Hall–Kier alpha value is -1.76. The highest BCUT2D eigenvalue weighted by Crippen LogP contribution is 2.25. The number of aromatic nitrogens is 2. The van der Waals surface area contributed by atoms with E-state index in [4.69, 9.17) is 4.74 Å². The number of ether oxygens (including phenoxy) is 1. The zero-order chi connectivity index (χ0) is 15.2. The Bertz CT molecular complexity index is 608. The van der Waals surface area contributed by atoms with Gasteiger partial charge in [0.2, 0.25) is 5.82 Å². The van der Waals surface area contributed by atoms with Crippen LogP contribution in [0.15, 0.2) is 29.0 Å². The van der Waals surface area contributed by atoms with Gasteiger partial charge in [-0.15, -0.1) is 0 Å². The molecule has 0 atom stereocenters. The topological polar surface area (TPSA) is 47.0 Å². The van der Waals surface area contributed by atoms with Gasteiger partial charge in [0.05, 0.1) is 18.1 Å². The van der Waals surface area contributed by atoms with E-state index in [1.807, 2.05) is 6.92 Å². The molecule has 0 aliphatic heterocycles. The normalized spacial score (nSPS) is 10.5. The summed E-state index contributed by atoms with van der Waals surface area (Å²) in [4.78, 5) is 8.30. The summed E-state index contributed by atoms with van der Waals surface area (Å²) < 4.78 is 32.4. The number of nitrogens with one attached hydrogen (secondary N) is 1. The molecule has 21 heavy (non-hydrogen) atoms. The van der Waals surface area contributed by atoms with Crippen molar-refractivity contribution in [1.82, 2.24) is 9.97 Å². The van der Waals surface area contributed by atoms with Gasteiger partial charge < -0.3 is 10.1 Å². The fourth-order valence-corrected chi connectivity index (χ4v) is 1.97. The van der Waals surface area contributed by atoms with E-state index < -0.39 is 11.6 Å². The van der Waals surface area contributed by atoms with Crippen LogP contribution in [0.4, 0.5) is 14.6 Å². The molecule has 0 aliphatic rings. The van der Waals surface area contributed by atoms with Gasteiger partial charge in [-0.2, -0.15) is 4.39 Å². The van der Waals surface area contributed by atoms with E-state index in [0.29, 0.717) is 16.0 Å². The van der Waals surface area contributed by atoms with Crippen molar-refractivity contribution in [2.24, 2.45) is 0 Å². The predicted molar refractivity (Wildman–Crippen MR) is 79.2 cm³/mol. The van der Waals surface area contributed by atoms with E-state index in [2.05, 4.69) is 31.2 Å². The van der Waals surface area contributed by atoms with E-state index in [-0.39, 0.29) is 12.4 Å². The number of nitrogens with zero attached hydrogens (tertiary/aromatic N) is 2. The van der Waals surface area contributed by atoms with Crippen molar-refractivity contribution in [2.45, 2.75) is 20.0 Å². The molecule has 0 unspecified atom stereocenters. The Morgan fingerprint density at radius 3 is 2.71 bits per heavy atom. The fourth-order valence-electron chi connectivity index (χ4n) is 1.56. The van der Waals surface area contributed by atoms with Crippen LogP contribution in [0, 0.1) is 11.6 Å². The molecule has 4 nitrogen and oxygen atoms in total. The molecule has 0 saturated carbocycles. The van der Waals surface area contributed by atoms with Gasteiger partial charge >= 0.3 is 0 Å². The predicted octanol–water partition coefficient (Wildman–Crippen LogP) is 3.92. The minimum absolute atomic E-state index is 0.00781. The summed E-state index contributed by atoms with van der Waals surface area (Å²) in [7, 11) is 0. The third kappa shape index (κ3) is 4.35. The van der Waals surface area contributed by atoms with E-state index in [9.17, 15) is 8.78 Å². The molecular formula is C14H14BrF2N3O. The minimum atomic E-state index is -1.02. The summed E-state index contributed by atoms with van der Waals surface area (Å²) in [5.41, 5.74) is 0.525. The second kappa shape index (κ2) is 7.31. The van der Waals surface area contributed by atoms with Crippen molar-refractivity contribution in [3.8, 4) is 5.75 Å². The monoisotopic (exact) mass is 357 g/mol. The molecular weight excluding hydrogens is 344 g/mol. The molecule has 0 radical (unpaired) electrons. The molecule has 0 saturated heterocycles. The number of rotatable bonds is 6. The Balaban J connectivity index is 2.00. The lowest BCUT2D eigenvalue weighted by Crippen LogP contribution is -2.05. The van der Waals surface area contributed by atoms with Gasteiger partial charge in [0.25, 0.3) is 0 Å². The summed E-state index contributed by atoms with van der Waals surface area (Å²) in [6, 6.07) is 2.40. The smallest absolute Gasteiger partial charge is 0.200 e. The molecule has 1 aromatic heterocycles. The largest absolute Gasteiger partial charge is 0.484 e. The molecule has 0 bridgehead atoms. The maximum Gasteiger partial charge on any atom is 0.200 e. The molecule has 0 aliphatic carbocycles. The highest BCUT2D eigenvalue weighted by molar-refractivity contribution is 9.10. The van der Waals surface area contributed by atoms with Gasteiger partial charge in [0.1, 0.15) is 12.4 Å². The molecule has 112 valence electrons. The third-order valence-electron chi connectivity index (χ3n) is 2.60. The highest BCUT2D eigenvalue weighted by Gasteiger charge is 2.11. The highest BCUT2D eigenvalue weighted by atomic mass is 79.9. The first-order valence-corrected chi connectivity index (χ1v) is 7.21. The van der Waals surface area contributed by atoms with E-state index in [1.54, 1.807) is 6.20 Å². The maximum atomic E-state index is 13.5. The molecule has 0 amide bonds. The lowest BCUT2D eigenvalue weighted by molar-refractivity contribution is 0.280. The zero-order valence-corrected chi connectivity index (χ0v) is 13.0. The van der Waals surface area contributed by atoms with Crippen molar-refractivity contribution in [3.63, 3.8) is 0 Å². The second-order valence-corrected chi connectivity index (χ2v) is 5.22. The minimum Gasteiger partial charge on any atom is -0.484 e. The van der Waals surface area contributed by atoms with Crippen LogP contribution in [0.5, 0.6) is 5.75 Å². The van der Waals surface area contributed by atoms with E-state index >= 15 is 0 Å². The number of benzene rings is 1. The SMILES string of the molecule is CCCNc1cnc(COc2cc(Br)cc(F)c2F)cn1. The van der Waals surface area contributed by atoms with Crippen molar-refractivity contribution in [2.75, 3.05) is 11.9 Å². The number of hydrogen-bond acceptors (Lipinski definition) is 4. The van der Waals surface area contributed by atoms with Crippen molar-refractivity contribution in [1.29, 1.82) is 0 Å². The molecule has 7 heteroatoms. The molecule has 1 N–H and O–H groups in total.